The third kappa shape index (κ3) is 1.89. The number of hydrogen-bond acceptors (Lipinski definition) is 4. The van der Waals surface area contributed by atoms with Gasteiger partial charge < -0.3 is 9.84 Å². The first-order chi connectivity index (χ1) is 6.88. The minimum Gasteiger partial charge on any atom is -0.469 e. The molecule has 0 bridgehead atoms. The highest BCUT2D eigenvalue weighted by Crippen LogP contribution is 2.47. The van der Waals surface area contributed by atoms with Crippen molar-refractivity contribution in [1.82, 2.24) is 0 Å². The largest absolute Gasteiger partial charge is 0.469 e. The van der Waals surface area contributed by atoms with Gasteiger partial charge in [0.15, 0.2) is 0 Å². The lowest BCUT2D eigenvalue weighted by Crippen LogP contribution is -2.55. The summed E-state index contributed by atoms with van der Waals surface area (Å²) < 4.78 is 4.85. The summed E-state index contributed by atoms with van der Waals surface area (Å²) in [5.41, 5.74) is -1.72. The van der Waals surface area contributed by atoms with Crippen LogP contribution >= 0.6 is 11.8 Å². The summed E-state index contributed by atoms with van der Waals surface area (Å²) in [5.74, 6) is 1.29. The quantitative estimate of drug-likeness (QED) is 0.752. The maximum absolute atomic E-state index is 11.9. The number of aliphatic hydroxyl groups is 1. The Hall–Kier alpha value is -0.220. The van der Waals surface area contributed by atoms with Gasteiger partial charge in [0.05, 0.1) is 18.1 Å². The number of esters is 1. The Balaban J connectivity index is 3.05. The third-order valence-electron chi connectivity index (χ3n) is 3.73. The van der Waals surface area contributed by atoms with Crippen LogP contribution in [0.5, 0.6) is 0 Å². The zero-order valence-corrected chi connectivity index (χ0v) is 10.7. The monoisotopic (exact) mass is 232 g/mol. The molecule has 1 heterocycles. The van der Waals surface area contributed by atoms with Gasteiger partial charge in [0.1, 0.15) is 0 Å². The van der Waals surface area contributed by atoms with Crippen LogP contribution in [0.3, 0.4) is 0 Å². The Labute approximate surface area is 95.6 Å². The van der Waals surface area contributed by atoms with Crippen molar-refractivity contribution in [2.24, 2.45) is 11.3 Å². The molecule has 1 aliphatic rings. The second-order valence-corrected chi connectivity index (χ2v) is 5.79. The Morgan fingerprint density at radius 3 is 2.53 bits per heavy atom. The van der Waals surface area contributed by atoms with E-state index in [2.05, 4.69) is 0 Å². The third-order valence-corrected chi connectivity index (χ3v) is 4.91. The molecule has 88 valence electrons. The molecule has 1 aliphatic heterocycles. The summed E-state index contributed by atoms with van der Waals surface area (Å²) >= 11 is 1.70. The SMILES string of the molecule is COC(=O)C(C)(C(C)C)C1(O)CCSC1. The molecule has 0 spiro atoms. The number of rotatable bonds is 3. The van der Waals surface area contributed by atoms with Crippen LogP contribution in [0.2, 0.25) is 0 Å². The maximum atomic E-state index is 11.9. The van der Waals surface area contributed by atoms with Gasteiger partial charge in [0.2, 0.25) is 0 Å². The van der Waals surface area contributed by atoms with Gasteiger partial charge >= 0.3 is 5.97 Å². The molecule has 0 amide bonds. The smallest absolute Gasteiger partial charge is 0.314 e. The van der Waals surface area contributed by atoms with Crippen LogP contribution in [0.15, 0.2) is 0 Å². The van der Waals surface area contributed by atoms with Crippen molar-refractivity contribution in [2.75, 3.05) is 18.6 Å². The number of carbonyl (C=O) groups is 1. The van der Waals surface area contributed by atoms with E-state index in [0.717, 1.165) is 5.75 Å². The van der Waals surface area contributed by atoms with E-state index in [1.165, 1.54) is 7.11 Å². The zero-order chi connectivity index (χ0) is 11.7. The number of carbonyl (C=O) groups excluding carboxylic acids is 1. The average Bonchev–Trinajstić information content (AvgIpc) is 2.63. The molecule has 3 nitrogen and oxygen atoms in total. The molecule has 1 N–H and O–H groups in total. The number of methoxy groups -OCH3 is 1. The van der Waals surface area contributed by atoms with E-state index in [0.29, 0.717) is 12.2 Å². The second kappa shape index (κ2) is 4.34. The van der Waals surface area contributed by atoms with Gasteiger partial charge in [-0.1, -0.05) is 13.8 Å². The molecule has 0 aliphatic carbocycles. The van der Waals surface area contributed by atoms with Crippen molar-refractivity contribution in [3.8, 4) is 0 Å². The van der Waals surface area contributed by atoms with Crippen molar-refractivity contribution in [2.45, 2.75) is 32.8 Å². The predicted molar refractivity (Wildman–Crippen MR) is 61.9 cm³/mol. The van der Waals surface area contributed by atoms with Gasteiger partial charge in [-0.2, -0.15) is 11.8 Å². The molecule has 1 fully saturated rings. The molecule has 0 saturated carbocycles. The second-order valence-electron chi connectivity index (χ2n) is 4.68. The fraction of sp³-hybridized carbons (Fsp3) is 0.909. The van der Waals surface area contributed by atoms with Crippen LogP contribution < -0.4 is 0 Å². The van der Waals surface area contributed by atoms with Crippen LogP contribution in [-0.2, 0) is 9.53 Å². The van der Waals surface area contributed by atoms with Crippen LogP contribution in [0.4, 0.5) is 0 Å². The first kappa shape index (κ1) is 12.8. The summed E-state index contributed by atoms with van der Waals surface area (Å²) in [6.07, 6.45) is 0.668. The van der Waals surface area contributed by atoms with E-state index in [9.17, 15) is 9.90 Å². The van der Waals surface area contributed by atoms with Crippen LogP contribution in [0, 0.1) is 11.3 Å². The first-order valence-corrected chi connectivity index (χ1v) is 6.42. The van der Waals surface area contributed by atoms with Crippen molar-refractivity contribution in [3.63, 3.8) is 0 Å². The molecule has 0 radical (unpaired) electrons. The number of ether oxygens (including phenoxy) is 1. The molecule has 2 unspecified atom stereocenters. The van der Waals surface area contributed by atoms with Crippen LogP contribution in [0.25, 0.3) is 0 Å². The van der Waals surface area contributed by atoms with Gasteiger partial charge in [0.25, 0.3) is 0 Å². The lowest BCUT2D eigenvalue weighted by Gasteiger charge is -2.42. The van der Waals surface area contributed by atoms with Gasteiger partial charge in [-0.25, -0.2) is 0 Å². The lowest BCUT2D eigenvalue weighted by molar-refractivity contribution is -0.174. The topological polar surface area (TPSA) is 46.5 Å². The molecular weight excluding hydrogens is 212 g/mol. The van der Waals surface area contributed by atoms with E-state index in [1.54, 1.807) is 11.8 Å². The predicted octanol–water partition coefficient (Wildman–Crippen LogP) is 1.69. The number of hydrogen-bond donors (Lipinski definition) is 1. The summed E-state index contributed by atoms with van der Waals surface area (Å²) in [4.78, 5) is 11.9. The standard InChI is InChI=1S/C11H20O3S/c1-8(2)10(3,9(12)14-4)11(13)5-6-15-7-11/h8,13H,5-7H2,1-4H3. The summed E-state index contributed by atoms with van der Waals surface area (Å²) in [6, 6.07) is 0. The Bertz CT molecular complexity index is 246. The molecule has 1 rings (SSSR count). The Kier molecular flexibility index (Phi) is 3.71. The summed E-state index contributed by atoms with van der Waals surface area (Å²) in [7, 11) is 1.38. The van der Waals surface area contributed by atoms with E-state index < -0.39 is 11.0 Å². The van der Waals surface area contributed by atoms with Crippen molar-refractivity contribution < 1.29 is 14.6 Å². The maximum Gasteiger partial charge on any atom is 0.314 e. The van der Waals surface area contributed by atoms with E-state index in [-0.39, 0.29) is 11.9 Å². The van der Waals surface area contributed by atoms with Crippen LogP contribution in [-0.4, -0.2) is 35.3 Å². The minimum atomic E-state index is -0.918. The number of thioether (sulfide) groups is 1. The highest BCUT2D eigenvalue weighted by atomic mass is 32.2. The van der Waals surface area contributed by atoms with E-state index >= 15 is 0 Å². The van der Waals surface area contributed by atoms with Crippen molar-refractivity contribution in [1.29, 1.82) is 0 Å². The molecular formula is C11H20O3S. The first-order valence-electron chi connectivity index (χ1n) is 5.27. The fourth-order valence-electron chi connectivity index (χ4n) is 2.14. The van der Waals surface area contributed by atoms with E-state index in [4.69, 9.17) is 4.74 Å². The summed E-state index contributed by atoms with van der Waals surface area (Å²) in [6.45, 7) is 5.73. The Morgan fingerprint density at radius 1 is 1.60 bits per heavy atom. The fourth-order valence-corrected chi connectivity index (χ4v) is 3.55. The zero-order valence-electron chi connectivity index (χ0n) is 9.87. The molecule has 0 aromatic heterocycles. The van der Waals surface area contributed by atoms with Gasteiger partial charge in [-0.3, -0.25) is 4.79 Å². The highest BCUT2D eigenvalue weighted by Gasteiger charge is 2.56. The minimum absolute atomic E-state index is 0.0636. The molecule has 2 atom stereocenters. The Morgan fingerprint density at radius 2 is 2.20 bits per heavy atom. The average molecular weight is 232 g/mol. The van der Waals surface area contributed by atoms with Gasteiger partial charge in [0, 0.05) is 5.75 Å². The molecule has 0 aromatic rings. The highest BCUT2D eigenvalue weighted by molar-refractivity contribution is 7.99. The molecule has 4 heteroatoms. The van der Waals surface area contributed by atoms with Crippen LogP contribution in [0.1, 0.15) is 27.2 Å². The van der Waals surface area contributed by atoms with Gasteiger partial charge in [-0.05, 0) is 25.0 Å². The molecule has 0 aromatic carbocycles. The lowest BCUT2D eigenvalue weighted by atomic mass is 9.66. The normalized spacial score (nSPS) is 30.3. The van der Waals surface area contributed by atoms with E-state index in [1.807, 2.05) is 20.8 Å². The van der Waals surface area contributed by atoms with Crippen molar-refractivity contribution >= 4 is 17.7 Å². The molecule has 1 saturated heterocycles. The summed E-state index contributed by atoms with van der Waals surface area (Å²) in [5, 5.41) is 10.6. The van der Waals surface area contributed by atoms with Gasteiger partial charge in [-0.15, -0.1) is 0 Å². The van der Waals surface area contributed by atoms with Crippen molar-refractivity contribution in [3.05, 3.63) is 0 Å². The molecule has 15 heavy (non-hydrogen) atoms.